The van der Waals surface area contributed by atoms with Gasteiger partial charge in [0.1, 0.15) is 12.4 Å². The maximum absolute atomic E-state index is 9.65. The van der Waals surface area contributed by atoms with Gasteiger partial charge in [0.2, 0.25) is 0 Å². The van der Waals surface area contributed by atoms with Crippen LogP contribution in [0, 0.1) is 0 Å². The molecule has 0 radical (unpaired) electrons. The molecule has 24 heavy (non-hydrogen) atoms. The molecule has 1 aliphatic carbocycles. The van der Waals surface area contributed by atoms with Crippen molar-refractivity contribution >= 4 is 0 Å². The normalized spacial score (nSPS) is 22.1. The van der Waals surface area contributed by atoms with E-state index < -0.39 is 0 Å². The molecular formula is C21H27NO2. The molecule has 0 aliphatic heterocycles. The van der Waals surface area contributed by atoms with Gasteiger partial charge in [-0.25, -0.2) is 0 Å². The Labute approximate surface area is 144 Å². The van der Waals surface area contributed by atoms with Crippen LogP contribution in [-0.4, -0.2) is 17.3 Å². The molecule has 1 saturated carbocycles. The van der Waals surface area contributed by atoms with Crippen LogP contribution in [0.25, 0.3) is 0 Å². The van der Waals surface area contributed by atoms with E-state index in [0.29, 0.717) is 12.6 Å². The Morgan fingerprint density at radius 3 is 2.42 bits per heavy atom. The topological polar surface area (TPSA) is 41.5 Å². The first-order valence-electron chi connectivity index (χ1n) is 8.92. The minimum atomic E-state index is -0.111. The average Bonchev–Trinajstić information content (AvgIpc) is 2.63. The summed E-state index contributed by atoms with van der Waals surface area (Å²) in [5.41, 5.74) is 2.37. The summed E-state index contributed by atoms with van der Waals surface area (Å²) in [7, 11) is 0. The number of aliphatic hydroxyl groups excluding tert-OH is 1. The SMILES string of the molecule is CC(NC1CCC(O)CC1)c1ccccc1OCc1ccccc1. The first-order chi connectivity index (χ1) is 11.7. The monoisotopic (exact) mass is 325 g/mol. The molecule has 1 unspecified atom stereocenters. The van der Waals surface area contributed by atoms with Crippen LogP contribution in [0.1, 0.15) is 49.8 Å². The van der Waals surface area contributed by atoms with Gasteiger partial charge in [0.15, 0.2) is 0 Å². The molecule has 1 aliphatic rings. The Balaban J connectivity index is 1.62. The van der Waals surface area contributed by atoms with E-state index in [1.54, 1.807) is 0 Å². The van der Waals surface area contributed by atoms with E-state index in [2.05, 4.69) is 36.5 Å². The fourth-order valence-electron chi connectivity index (χ4n) is 3.39. The lowest BCUT2D eigenvalue weighted by atomic mass is 9.92. The highest BCUT2D eigenvalue weighted by Crippen LogP contribution is 2.28. The van der Waals surface area contributed by atoms with Crippen molar-refractivity contribution in [1.82, 2.24) is 5.32 Å². The molecule has 2 aromatic rings. The van der Waals surface area contributed by atoms with E-state index in [1.807, 2.05) is 30.3 Å². The number of benzene rings is 2. The molecule has 0 bridgehead atoms. The highest BCUT2D eigenvalue weighted by molar-refractivity contribution is 5.36. The zero-order chi connectivity index (χ0) is 16.8. The van der Waals surface area contributed by atoms with Gasteiger partial charge in [-0.3, -0.25) is 0 Å². The highest BCUT2D eigenvalue weighted by Gasteiger charge is 2.22. The standard InChI is InChI=1S/C21H27NO2/c1-16(22-18-11-13-19(23)14-12-18)20-9-5-6-10-21(20)24-15-17-7-3-2-4-8-17/h2-10,16,18-19,22-23H,11-15H2,1H3. The highest BCUT2D eigenvalue weighted by atomic mass is 16.5. The van der Waals surface area contributed by atoms with Gasteiger partial charge in [-0.1, -0.05) is 48.5 Å². The van der Waals surface area contributed by atoms with Gasteiger partial charge in [0, 0.05) is 17.6 Å². The fraction of sp³-hybridized carbons (Fsp3) is 0.429. The van der Waals surface area contributed by atoms with E-state index in [0.717, 1.165) is 31.4 Å². The van der Waals surface area contributed by atoms with Crippen LogP contribution >= 0.6 is 0 Å². The van der Waals surface area contributed by atoms with Crippen LogP contribution in [0.5, 0.6) is 5.75 Å². The second-order valence-electron chi connectivity index (χ2n) is 6.71. The predicted octanol–water partition coefficient (Wildman–Crippen LogP) is 4.22. The van der Waals surface area contributed by atoms with Crippen molar-refractivity contribution in [3.63, 3.8) is 0 Å². The molecule has 0 spiro atoms. The maximum atomic E-state index is 9.65. The number of ether oxygens (including phenoxy) is 1. The second kappa shape index (κ2) is 8.32. The first kappa shape index (κ1) is 17.0. The molecule has 2 aromatic carbocycles. The van der Waals surface area contributed by atoms with Crippen LogP contribution in [0.2, 0.25) is 0 Å². The Hall–Kier alpha value is -1.84. The molecule has 3 heteroatoms. The summed E-state index contributed by atoms with van der Waals surface area (Å²) in [4.78, 5) is 0. The number of aliphatic hydroxyl groups is 1. The molecule has 0 aromatic heterocycles. The molecule has 128 valence electrons. The van der Waals surface area contributed by atoms with Crippen molar-refractivity contribution in [3.8, 4) is 5.75 Å². The van der Waals surface area contributed by atoms with Crippen molar-refractivity contribution in [2.24, 2.45) is 0 Å². The van der Waals surface area contributed by atoms with Gasteiger partial charge in [-0.2, -0.15) is 0 Å². The summed E-state index contributed by atoms with van der Waals surface area (Å²) in [6, 6.07) is 19.2. The summed E-state index contributed by atoms with van der Waals surface area (Å²) in [5, 5.41) is 13.4. The second-order valence-corrected chi connectivity index (χ2v) is 6.71. The average molecular weight is 325 g/mol. The van der Waals surface area contributed by atoms with E-state index in [4.69, 9.17) is 4.74 Å². The summed E-state index contributed by atoms with van der Waals surface area (Å²) < 4.78 is 6.07. The Kier molecular flexibility index (Phi) is 5.89. The number of hydrogen-bond acceptors (Lipinski definition) is 3. The molecule has 0 heterocycles. The molecule has 1 atom stereocenters. The Morgan fingerprint density at radius 2 is 1.67 bits per heavy atom. The molecule has 3 nitrogen and oxygen atoms in total. The van der Waals surface area contributed by atoms with Crippen molar-refractivity contribution < 1.29 is 9.84 Å². The molecule has 0 amide bonds. The summed E-state index contributed by atoms with van der Waals surface area (Å²) in [5.74, 6) is 0.942. The van der Waals surface area contributed by atoms with Gasteiger partial charge in [-0.05, 0) is 44.2 Å². The summed E-state index contributed by atoms with van der Waals surface area (Å²) in [6.07, 6.45) is 3.77. The van der Waals surface area contributed by atoms with Gasteiger partial charge in [-0.15, -0.1) is 0 Å². The zero-order valence-electron chi connectivity index (χ0n) is 14.3. The third kappa shape index (κ3) is 4.59. The Bertz CT molecular complexity index is 621. The minimum Gasteiger partial charge on any atom is -0.489 e. The van der Waals surface area contributed by atoms with Crippen molar-refractivity contribution in [1.29, 1.82) is 0 Å². The molecule has 1 fully saturated rings. The molecule has 0 saturated heterocycles. The number of nitrogens with one attached hydrogen (secondary N) is 1. The number of hydrogen-bond donors (Lipinski definition) is 2. The fourth-order valence-corrected chi connectivity index (χ4v) is 3.39. The van der Waals surface area contributed by atoms with Crippen molar-refractivity contribution in [2.45, 2.75) is 57.4 Å². The van der Waals surface area contributed by atoms with Crippen LogP contribution in [-0.2, 0) is 6.61 Å². The van der Waals surface area contributed by atoms with Crippen LogP contribution in [0.3, 0.4) is 0 Å². The van der Waals surface area contributed by atoms with E-state index >= 15 is 0 Å². The van der Waals surface area contributed by atoms with E-state index in [9.17, 15) is 5.11 Å². The van der Waals surface area contributed by atoms with E-state index in [-0.39, 0.29) is 12.1 Å². The molecule has 3 rings (SSSR count). The third-order valence-corrected chi connectivity index (χ3v) is 4.81. The summed E-state index contributed by atoms with van der Waals surface area (Å²) >= 11 is 0. The number of rotatable bonds is 6. The minimum absolute atomic E-state index is 0.111. The lowest BCUT2D eigenvalue weighted by Gasteiger charge is -2.29. The van der Waals surface area contributed by atoms with Crippen molar-refractivity contribution in [2.75, 3.05) is 0 Å². The third-order valence-electron chi connectivity index (χ3n) is 4.81. The lowest BCUT2D eigenvalue weighted by Crippen LogP contribution is -2.36. The molecule has 2 N–H and O–H groups in total. The van der Waals surface area contributed by atoms with Gasteiger partial charge < -0.3 is 15.2 Å². The van der Waals surface area contributed by atoms with Crippen LogP contribution in [0.4, 0.5) is 0 Å². The quantitative estimate of drug-likeness (QED) is 0.835. The molecular weight excluding hydrogens is 298 g/mol. The first-order valence-corrected chi connectivity index (χ1v) is 8.92. The summed E-state index contributed by atoms with van der Waals surface area (Å²) in [6.45, 7) is 2.77. The van der Waals surface area contributed by atoms with Crippen LogP contribution in [0.15, 0.2) is 54.6 Å². The van der Waals surface area contributed by atoms with Crippen molar-refractivity contribution in [3.05, 3.63) is 65.7 Å². The number of para-hydroxylation sites is 1. The van der Waals surface area contributed by atoms with Crippen LogP contribution < -0.4 is 10.1 Å². The van der Waals surface area contributed by atoms with Gasteiger partial charge in [0.05, 0.1) is 6.10 Å². The van der Waals surface area contributed by atoms with Gasteiger partial charge >= 0.3 is 0 Å². The lowest BCUT2D eigenvalue weighted by molar-refractivity contribution is 0.114. The zero-order valence-corrected chi connectivity index (χ0v) is 14.3. The largest absolute Gasteiger partial charge is 0.489 e. The Morgan fingerprint density at radius 1 is 1.00 bits per heavy atom. The smallest absolute Gasteiger partial charge is 0.124 e. The predicted molar refractivity (Wildman–Crippen MR) is 97.0 cm³/mol. The van der Waals surface area contributed by atoms with Gasteiger partial charge in [0.25, 0.3) is 0 Å². The maximum Gasteiger partial charge on any atom is 0.124 e. The van der Waals surface area contributed by atoms with E-state index in [1.165, 1.54) is 11.1 Å².